The zero-order valence-electron chi connectivity index (χ0n) is 16.0. The standard InChI is InChI=1S/C25H22N2O2/c28-25(29)23-13-6-16-27(23)24(20-11-5-9-17-7-1-3-10-19(17)20)22-15-14-18-8-2-4-12-21(18)26-22/h1-5,7-12,14-15,23-24H,6,13,16H2,(H,28,29). The molecule has 0 radical (unpaired) electrons. The number of carboxylic acid groups (broad SMARTS) is 1. The van der Waals surface area contributed by atoms with Crippen molar-refractivity contribution in [3.05, 3.63) is 90.1 Å². The first-order chi connectivity index (χ1) is 14.2. The molecule has 1 aliphatic heterocycles. The Bertz CT molecular complexity index is 1200. The zero-order valence-corrected chi connectivity index (χ0v) is 16.0. The van der Waals surface area contributed by atoms with E-state index in [-0.39, 0.29) is 6.04 Å². The van der Waals surface area contributed by atoms with Gasteiger partial charge in [0.15, 0.2) is 0 Å². The van der Waals surface area contributed by atoms with E-state index in [1.54, 1.807) is 0 Å². The number of para-hydroxylation sites is 1. The highest BCUT2D eigenvalue weighted by Gasteiger charge is 2.38. The van der Waals surface area contributed by atoms with Gasteiger partial charge in [0.05, 0.1) is 17.3 Å². The van der Waals surface area contributed by atoms with Crippen LogP contribution in [0.4, 0.5) is 0 Å². The fourth-order valence-electron chi connectivity index (χ4n) is 4.59. The van der Waals surface area contributed by atoms with Crippen molar-refractivity contribution in [2.75, 3.05) is 6.54 Å². The number of pyridine rings is 1. The molecule has 0 spiro atoms. The number of nitrogens with zero attached hydrogens (tertiary/aromatic N) is 2. The van der Waals surface area contributed by atoms with Crippen LogP contribution in [-0.2, 0) is 4.79 Å². The van der Waals surface area contributed by atoms with Crippen LogP contribution in [0.5, 0.6) is 0 Å². The molecule has 1 N–H and O–H groups in total. The molecule has 0 aliphatic carbocycles. The lowest BCUT2D eigenvalue weighted by molar-refractivity contribution is -0.142. The van der Waals surface area contributed by atoms with Crippen LogP contribution in [0.1, 0.15) is 30.1 Å². The maximum Gasteiger partial charge on any atom is 0.320 e. The highest BCUT2D eigenvalue weighted by atomic mass is 16.4. The van der Waals surface area contributed by atoms with E-state index >= 15 is 0 Å². The zero-order chi connectivity index (χ0) is 19.8. The number of hydrogen-bond acceptors (Lipinski definition) is 3. The molecule has 5 rings (SSSR count). The Hall–Kier alpha value is -3.24. The van der Waals surface area contributed by atoms with Crippen molar-refractivity contribution in [3.63, 3.8) is 0 Å². The van der Waals surface area contributed by atoms with Crippen molar-refractivity contribution in [3.8, 4) is 0 Å². The molecule has 1 aliphatic rings. The van der Waals surface area contributed by atoms with E-state index in [1.807, 2.05) is 36.4 Å². The first-order valence-corrected chi connectivity index (χ1v) is 10.0. The summed E-state index contributed by atoms with van der Waals surface area (Å²) in [6, 6.07) is 26.0. The summed E-state index contributed by atoms with van der Waals surface area (Å²) >= 11 is 0. The van der Waals surface area contributed by atoms with Crippen LogP contribution in [0.2, 0.25) is 0 Å². The molecule has 0 bridgehead atoms. The molecule has 4 aromatic rings. The van der Waals surface area contributed by atoms with Gasteiger partial charge in [-0.2, -0.15) is 0 Å². The third-order valence-electron chi connectivity index (χ3n) is 5.93. The van der Waals surface area contributed by atoms with Crippen LogP contribution in [0.15, 0.2) is 78.9 Å². The lowest BCUT2D eigenvalue weighted by atomic mass is 9.94. The Labute approximate surface area is 169 Å². The third-order valence-corrected chi connectivity index (χ3v) is 5.93. The fourth-order valence-corrected chi connectivity index (χ4v) is 4.59. The van der Waals surface area contributed by atoms with Crippen molar-refractivity contribution in [2.45, 2.75) is 24.9 Å². The van der Waals surface area contributed by atoms with Crippen LogP contribution in [-0.4, -0.2) is 33.5 Å². The number of carboxylic acids is 1. The second-order valence-corrected chi connectivity index (χ2v) is 7.63. The number of benzene rings is 3. The van der Waals surface area contributed by atoms with E-state index in [1.165, 1.54) is 0 Å². The number of aromatic nitrogens is 1. The lowest BCUT2D eigenvalue weighted by Gasteiger charge is -2.32. The largest absolute Gasteiger partial charge is 0.480 e. The molecule has 144 valence electrons. The molecule has 2 heterocycles. The van der Waals surface area contributed by atoms with Gasteiger partial charge in [0.2, 0.25) is 0 Å². The molecule has 0 saturated carbocycles. The predicted molar refractivity (Wildman–Crippen MR) is 115 cm³/mol. The Morgan fingerprint density at radius 3 is 2.55 bits per heavy atom. The Kier molecular flexibility index (Phi) is 4.49. The van der Waals surface area contributed by atoms with Gasteiger partial charge in [-0.1, -0.05) is 66.7 Å². The van der Waals surface area contributed by atoms with Gasteiger partial charge in [-0.25, -0.2) is 0 Å². The average Bonchev–Trinajstić information content (AvgIpc) is 3.24. The fraction of sp³-hybridized carbons (Fsp3) is 0.200. The second-order valence-electron chi connectivity index (χ2n) is 7.63. The van der Waals surface area contributed by atoms with E-state index < -0.39 is 12.0 Å². The molecule has 4 heteroatoms. The lowest BCUT2D eigenvalue weighted by Crippen LogP contribution is -2.39. The van der Waals surface area contributed by atoms with Crippen LogP contribution < -0.4 is 0 Å². The van der Waals surface area contributed by atoms with Crippen LogP contribution in [0.25, 0.3) is 21.7 Å². The maximum absolute atomic E-state index is 12.0. The second kappa shape index (κ2) is 7.30. The van der Waals surface area contributed by atoms with Crippen LogP contribution in [0.3, 0.4) is 0 Å². The van der Waals surface area contributed by atoms with Crippen LogP contribution >= 0.6 is 0 Å². The van der Waals surface area contributed by atoms with E-state index in [9.17, 15) is 9.90 Å². The number of rotatable bonds is 4. The van der Waals surface area contributed by atoms with Gasteiger partial charge in [0.1, 0.15) is 6.04 Å². The van der Waals surface area contributed by atoms with Crippen LogP contribution in [0, 0.1) is 0 Å². The monoisotopic (exact) mass is 382 g/mol. The SMILES string of the molecule is O=C(O)C1CCCN1C(c1ccc2ccccc2n1)c1cccc2ccccc12. The normalized spacial score (nSPS) is 18.3. The summed E-state index contributed by atoms with van der Waals surface area (Å²) in [5.74, 6) is -0.756. The molecule has 4 nitrogen and oxygen atoms in total. The molecule has 1 fully saturated rings. The van der Waals surface area contributed by atoms with E-state index in [2.05, 4.69) is 47.4 Å². The summed E-state index contributed by atoms with van der Waals surface area (Å²) in [6.07, 6.45) is 1.55. The van der Waals surface area contributed by atoms with Gasteiger partial charge in [0.25, 0.3) is 0 Å². The van der Waals surface area contributed by atoms with Gasteiger partial charge in [-0.05, 0) is 41.3 Å². The van der Waals surface area contributed by atoms with E-state index in [0.29, 0.717) is 6.42 Å². The number of carbonyl (C=O) groups is 1. The molecule has 1 saturated heterocycles. The van der Waals surface area contributed by atoms with Crippen molar-refractivity contribution in [2.24, 2.45) is 0 Å². The minimum absolute atomic E-state index is 0.200. The molecular formula is C25H22N2O2. The van der Waals surface area contributed by atoms with E-state index in [4.69, 9.17) is 4.98 Å². The quantitative estimate of drug-likeness (QED) is 0.538. The van der Waals surface area contributed by atoms with Gasteiger partial charge in [0, 0.05) is 11.9 Å². The summed E-state index contributed by atoms with van der Waals surface area (Å²) in [7, 11) is 0. The minimum atomic E-state index is -0.756. The summed E-state index contributed by atoms with van der Waals surface area (Å²) in [4.78, 5) is 19.1. The smallest absolute Gasteiger partial charge is 0.320 e. The maximum atomic E-state index is 12.0. The van der Waals surface area contributed by atoms with Crippen molar-refractivity contribution >= 4 is 27.6 Å². The average molecular weight is 382 g/mol. The van der Waals surface area contributed by atoms with Gasteiger partial charge in [-0.15, -0.1) is 0 Å². The summed E-state index contributed by atoms with van der Waals surface area (Å²) < 4.78 is 0. The predicted octanol–water partition coefficient (Wildman–Crippen LogP) is 5.03. The molecular weight excluding hydrogens is 360 g/mol. The summed E-state index contributed by atoms with van der Waals surface area (Å²) in [5, 5.41) is 13.2. The molecule has 3 aromatic carbocycles. The molecule has 0 amide bonds. The highest BCUT2D eigenvalue weighted by Crippen LogP contribution is 2.37. The first kappa shape index (κ1) is 17.8. The van der Waals surface area contributed by atoms with E-state index in [0.717, 1.165) is 45.9 Å². The minimum Gasteiger partial charge on any atom is -0.480 e. The van der Waals surface area contributed by atoms with Gasteiger partial charge in [-0.3, -0.25) is 14.7 Å². The van der Waals surface area contributed by atoms with Crippen molar-refractivity contribution in [1.29, 1.82) is 0 Å². The summed E-state index contributed by atoms with van der Waals surface area (Å²) in [6.45, 7) is 0.749. The third kappa shape index (κ3) is 3.15. The Morgan fingerprint density at radius 1 is 0.931 bits per heavy atom. The van der Waals surface area contributed by atoms with Gasteiger partial charge >= 0.3 is 5.97 Å². The molecule has 29 heavy (non-hydrogen) atoms. The molecule has 2 unspecified atom stereocenters. The number of hydrogen-bond donors (Lipinski definition) is 1. The highest BCUT2D eigenvalue weighted by molar-refractivity contribution is 5.87. The summed E-state index contributed by atoms with van der Waals surface area (Å²) in [5.41, 5.74) is 2.94. The Morgan fingerprint density at radius 2 is 1.69 bits per heavy atom. The molecule has 1 aromatic heterocycles. The number of fused-ring (bicyclic) bond motifs is 2. The van der Waals surface area contributed by atoms with Crippen molar-refractivity contribution in [1.82, 2.24) is 9.88 Å². The van der Waals surface area contributed by atoms with Gasteiger partial charge < -0.3 is 5.11 Å². The topological polar surface area (TPSA) is 53.4 Å². The number of aliphatic carboxylic acids is 1. The number of likely N-dealkylation sites (tertiary alicyclic amines) is 1. The molecule has 2 atom stereocenters. The first-order valence-electron chi connectivity index (χ1n) is 10.0. The Balaban J connectivity index is 1.73. The van der Waals surface area contributed by atoms with Crippen molar-refractivity contribution < 1.29 is 9.90 Å².